The zero-order valence-electron chi connectivity index (χ0n) is 13.6. The van der Waals surface area contributed by atoms with E-state index in [2.05, 4.69) is 31.3 Å². The van der Waals surface area contributed by atoms with Crippen LogP contribution in [-0.2, 0) is 6.54 Å². The molecular weight excluding hydrogens is 290 g/mol. The van der Waals surface area contributed by atoms with Crippen LogP contribution >= 0.6 is 0 Å². The Morgan fingerprint density at radius 3 is 2.57 bits per heavy atom. The minimum Gasteiger partial charge on any atom is -0.492 e. The zero-order valence-corrected chi connectivity index (χ0v) is 13.6. The number of carboxylic acid groups (broad SMARTS) is 1. The summed E-state index contributed by atoms with van der Waals surface area (Å²) in [6.45, 7) is 6.22. The normalized spacial score (nSPS) is 10.7. The van der Waals surface area contributed by atoms with Gasteiger partial charge in [-0.1, -0.05) is 38.1 Å². The van der Waals surface area contributed by atoms with Gasteiger partial charge in [-0.2, -0.15) is 0 Å². The van der Waals surface area contributed by atoms with E-state index >= 15 is 0 Å². The molecule has 4 heteroatoms. The van der Waals surface area contributed by atoms with E-state index in [1.54, 1.807) is 18.2 Å². The summed E-state index contributed by atoms with van der Waals surface area (Å²) in [6.07, 6.45) is 0. The monoisotopic (exact) mass is 313 g/mol. The Labute approximate surface area is 137 Å². The topological polar surface area (TPSA) is 58.6 Å². The van der Waals surface area contributed by atoms with Gasteiger partial charge in [0, 0.05) is 13.1 Å². The molecule has 2 N–H and O–H groups in total. The molecule has 0 aliphatic carbocycles. The number of carbonyl (C=O) groups is 1. The fourth-order valence-electron chi connectivity index (χ4n) is 2.24. The molecule has 2 aromatic carbocycles. The number of hydrogen-bond donors (Lipinski definition) is 2. The van der Waals surface area contributed by atoms with Crippen LogP contribution in [0, 0.1) is 0 Å². The van der Waals surface area contributed by atoms with E-state index in [0.29, 0.717) is 31.2 Å². The first kappa shape index (κ1) is 17.0. The molecule has 23 heavy (non-hydrogen) atoms. The summed E-state index contributed by atoms with van der Waals surface area (Å²) in [6, 6.07) is 15.1. The van der Waals surface area contributed by atoms with Gasteiger partial charge in [-0.15, -0.1) is 0 Å². The number of carboxylic acids is 1. The van der Waals surface area contributed by atoms with Crippen molar-refractivity contribution in [3.63, 3.8) is 0 Å². The van der Waals surface area contributed by atoms with Crippen molar-refractivity contribution >= 4 is 5.97 Å². The second-order valence-electron chi connectivity index (χ2n) is 5.75. The molecule has 0 bridgehead atoms. The summed E-state index contributed by atoms with van der Waals surface area (Å²) in [4.78, 5) is 10.9. The Bertz CT molecular complexity index is 635. The molecule has 122 valence electrons. The van der Waals surface area contributed by atoms with Crippen molar-refractivity contribution in [2.24, 2.45) is 0 Å². The largest absolute Gasteiger partial charge is 0.492 e. The molecule has 4 nitrogen and oxygen atoms in total. The fraction of sp³-hybridized carbons (Fsp3) is 0.316. The van der Waals surface area contributed by atoms with Crippen molar-refractivity contribution in [1.82, 2.24) is 5.32 Å². The van der Waals surface area contributed by atoms with Crippen LogP contribution in [0.1, 0.15) is 41.3 Å². The molecule has 0 atom stereocenters. The molecule has 0 amide bonds. The van der Waals surface area contributed by atoms with Gasteiger partial charge in [-0.3, -0.25) is 0 Å². The quantitative estimate of drug-likeness (QED) is 0.730. The van der Waals surface area contributed by atoms with E-state index < -0.39 is 5.97 Å². The number of ether oxygens (including phenoxy) is 1. The van der Waals surface area contributed by atoms with Crippen LogP contribution in [-0.4, -0.2) is 24.2 Å². The minimum atomic E-state index is -0.903. The van der Waals surface area contributed by atoms with Gasteiger partial charge in [0.25, 0.3) is 0 Å². The number of aromatic carboxylic acids is 1. The van der Waals surface area contributed by atoms with Crippen LogP contribution in [0.25, 0.3) is 0 Å². The molecular formula is C19H23NO3. The van der Waals surface area contributed by atoms with E-state index in [0.717, 1.165) is 11.3 Å². The third-order valence-electron chi connectivity index (χ3n) is 3.60. The average molecular weight is 313 g/mol. The first-order chi connectivity index (χ1) is 11.1. The van der Waals surface area contributed by atoms with E-state index in [9.17, 15) is 4.79 Å². The Hall–Kier alpha value is -2.33. The number of rotatable bonds is 8. The van der Waals surface area contributed by atoms with Gasteiger partial charge in [-0.25, -0.2) is 4.79 Å². The van der Waals surface area contributed by atoms with Crippen molar-refractivity contribution in [3.8, 4) is 5.75 Å². The van der Waals surface area contributed by atoms with Gasteiger partial charge in [0.2, 0.25) is 0 Å². The lowest BCUT2D eigenvalue weighted by atomic mass is 10.0. The van der Waals surface area contributed by atoms with Crippen molar-refractivity contribution < 1.29 is 14.6 Å². The molecule has 0 radical (unpaired) electrons. The lowest BCUT2D eigenvalue weighted by molar-refractivity contribution is 0.0696. The zero-order chi connectivity index (χ0) is 16.7. The van der Waals surface area contributed by atoms with Gasteiger partial charge in [0.05, 0.1) is 5.56 Å². The van der Waals surface area contributed by atoms with Crippen molar-refractivity contribution in [2.75, 3.05) is 13.2 Å². The van der Waals surface area contributed by atoms with E-state index in [-0.39, 0.29) is 0 Å². The summed E-state index contributed by atoms with van der Waals surface area (Å²) < 4.78 is 5.68. The van der Waals surface area contributed by atoms with Crippen LogP contribution in [0.5, 0.6) is 5.75 Å². The predicted molar refractivity (Wildman–Crippen MR) is 91.1 cm³/mol. The van der Waals surface area contributed by atoms with Crippen molar-refractivity contribution in [2.45, 2.75) is 26.3 Å². The number of hydrogen-bond acceptors (Lipinski definition) is 3. The summed E-state index contributed by atoms with van der Waals surface area (Å²) in [7, 11) is 0. The third kappa shape index (κ3) is 5.42. The van der Waals surface area contributed by atoms with Crippen LogP contribution in [0.3, 0.4) is 0 Å². The SMILES string of the molecule is CC(C)c1ccc(OCCNCc2cccc(C(=O)O)c2)cc1. The first-order valence-corrected chi connectivity index (χ1v) is 7.82. The minimum absolute atomic E-state index is 0.311. The van der Waals surface area contributed by atoms with Gasteiger partial charge < -0.3 is 15.2 Å². The van der Waals surface area contributed by atoms with E-state index in [4.69, 9.17) is 9.84 Å². The third-order valence-corrected chi connectivity index (χ3v) is 3.60. The van der Waals surface area contributed by atoms with Crippen LogP contribution in [0.4, 0.5) is 0 Å². The molecule has 0 saturated carbocycles. The Kier molecular flexibility index (Phi) is 6.18. The van der Waals surface area contributed by atoms with Gasteiger partial charge in [-0.05, 0) is 41.3 Å². The molecule has 2 rings (SSSR count). The van der Waals surface area contributed by atoms with Gasteiger partial charge in [0.1, 0.15) is 12.4 Å². The van der Waals surface area contributed by atoms with Gasteiger partial charge >= 0.3 is 5.97 Å². The maximum atomic E-state index is 10.9. The lowest BCUT2D eigenvalue weighted by Crippen LogP contribution is -2.20. The molecule has 0 aliphatic rings. The van der Waals surface area contributed by atoms with Crippen molar-refractivity contribution in [1.29, 1.82) is 0 Å². The molecule has 0 aliphatic heterocycles. The molecule has 0 fully saturated rings. The molecule has 0 unspecified atom stereocenters. The highest BCUT2D eigenvalue weighted by molar-refractivity contribution is 5.87. The molecule has 0 saturated heterocycles. The standard InChI is InChI=1S/C19H23NO3/c1-14(2)16-6-8-18(9-7-16)23-11-10-20-13-15-4-3-5-17(12-15)19(21)22/h3-9,12,14,20H,10-11,13H2,1-2H3,(H,21,22). The van der Waals surface area contributed by atoms with E-state index in [1.807, 2.05) is 18.2 Å². The molecule has 2 aromatic rings. The first-order valence-electron chi connectivity index (χ1n) is 7.82. The number of benzene rings is 2. The highest BCUT2D eigenvalue weighted by Gasteiger charge is 2.03. The van der Waals surface area contributed by atoms with Crippen LogP contribution < -0.4 is 10.1 Å². The lowest BCUT2D eigenvalue weighted by Gasteiger charge is -2.10. The maximum Gasteiger partial charge on any atom is 0.335 e. The second kappa shape index (κ2) is 8.34. The Morgan fingerprint density at radius 2 is 1.91 bits per heavy atom. The average Bonchev–Trinajstić information content (AvgIpc) is 2.55. The van der Waals surface area contributed by atoms with Crippen LogP contribution in [0.15, 0.2) is 48.5 Å². The summed E-state index contributed by atoms with van der Waals surface area (Å²) >= 11 is 0. The molecule has 0 heterocycles. The summed E-state index contributed by atoms with van der Waals surface area (Å²) in [5.41, 5.74) is 2.56. The highest BCUT2D eigenvalue weighted by Crippen LogP contribution is 2.18. The summed E-state index contributed by atoms with van der Waals surface area (Å²) in [5.74, 6) is 0.483. The Morgan fingerprint density at radius 1 is 1.17 bits per heavy atom. The van der Waals surface area contributed by atoms with Crippen LogP contribution in [0.2, 0.25) is 0 Å². The Balaban J connectivity index is 1.71. The second-order valence-corrected chi connectivity index (χ2v) is 5.75. The molecule has 0 aromatic heterocycles. The number of nitrogens with one attached hydrogen (secondary N) is 1. The van der Waals surface area contributed by atoms with Crippen molar-refractivity contribution in [3.05, 3.63) is 65.2 Å². The van der Waals surface area contributed by atoms with Gasteiger partial charge in [0.15, 0.2) is 0 Å². The smallest absolute Gasteiger partial charge is 0.335 e. The van der Waals surface area contributed by atoms with E-state index in [1.165, 1.54) is 5.56 Å². The predicted octanol–water partition coefficient (Wildman–Crippen LogP) is 3.68. The molecule has 0 spiro atoms. The summed E-state index contributed by atoms with van der Waals surface area (Å²) in [5, 5.41) is 12.2. The maximum absolute atomic E-state index is 10.9. The fourth-order valence-corrected chi connectivity index (χ4v) is 2.24. The highest BCUT2D eigenvalue weighted by atomic mass is 16.5.